The summed E-state index contributed by atoms with van der Waals surface area (Å²) >= 11 is 6.25. The third kappa shape index (κ3) is 2.76. The van der Waals surface area contributed by atoms with Gasteiger partial charge < -0.3 is 15.0 Å². The van der Waals surface area contributed by atoms with E-state index in [1.54, 1.807) is 24.1 Å². The molecule has 20 heavy (non-hydrogen) atoms. The predicted octanol–water partition coefficient (Wildman–Crippen LogP) is 2.60. The minimum Gasteiger partial charge on any atom is -0.497 e. The first-order chi connectivity index (χ1) is 9.69. The molecule has 0 aromatic heterocycles. The second-order valence-corrected chi connectivity index (χ2v) is 5.85. The number of benzene rings is 1. The first kappa shape index (κ1) is 13.7. The van der Waals surface area contributed by atoms with Gasteiger partial charge in [-0.05, 0) is 37.8 Å². The van der Waals surface area contributed by atoms with Crippen molar-refractivity contribution in [1.82, 2.24) is 5.32 Å². The number of methoxy groups -OCH3 is 1. The second kappa shape index (κ2) is 5.62. The van der Waals surface area contributed by atoms with Gasteiger partial charge in [0.2, 0.25) is 5.91 Å². The topological polar surface area (TPSA) is 41.6 Å². The monoisotopic (exact) mass is 294 g/mol. The van der Waals surface area contributed by atoms with E-state index in [2.05, 4.69) is 5.32 Å². The van der Waals surface area contributed by atoms with Gasteiger partial charge in [-0.2, -0.15) is 0 Å². The van der Waals surface area contributed by atoms with E-state index < -0.39 is 0 Å². The highest BCUT2D eigenvalue weighted by Crippen LogP contribution is 2.33. The minimum absolute atomic E-state index is 0.0708. The molecule has 0 radical (unpaired) electrons. The Balaban J connectivity index is 1.82. The maximum absolute atomic E-state index is 12.6. The molecule has 5 heteroatoms. The van der Waals surface area contributed by atoms with Gasteiger partial charge in [-0.15, -0.1) is 0 Å². The molecule has 1 atom stereocenters. The summed E-state index contributed by atoms with van der Waals surface area (Å²) in [4.78, 5) is 14.4. The molecule has 4 nitrogen and oxygen atoms in total. The van der Waals surface area contributed by atoms with E-state index in [1.165, 1.54) is 12.8 Å². The van der Waals surface area contributed by atoms with Crippen molar-refractivity contribution in [1.29, 1.82) is 0 Å². The fourth-order valence-electron chi connectivity index (χ4n) is 2.63. The highest BCUT2D eigenvalue weighted by Gasteiger charge is 2.34. The molecule has 1 saturated heterocycles. The SMILES string of the molecule is COc1ccc(Cl)c(N2CCCC(NC3CC3)C2=O)c1. The summed E-state index contributed by atoms with van der Waals surface area (Å²) in [5, 5.41) is 4.01. The Hall–Kier alpha value is -1.26. The Kier molecular flexibility index (Phi) is 3.85. The van der Waals surface area contributed by atoms with E-state index in [4.69, 9.17) is 16.3 Å². The Morgan fingerprint density at radius 2 is 2.15 bits per heavy atom. The largest absolute Gasteiger partial charge is 0.497 e. The summed E-state index contributed by atoms with van der Waals surface area (Å²) in [7, 11) is 1.61. The molecule has 1 saturated carbocycles. The van der Waals surface area contributed by atoms with E-state index in [9.17, 15) is 4.79 Å². The normalized spacial score (nSPS) is 23.0. The number of nitrogens with zero attached hydrogens (tertiary/aromatic N) is 1. The molecular weight excluding hydrogens is 276 g/mol. The number of carbonyl (C=O) groups is 1. The molecular formula is C15H19ClN2O2. The lowest BCUT2D eigenvalue weighted by Crippen LogP contribution is -2.51. The molecule has 1 aliphatic carbocycles. The maximum Gasteiger partial charge on any atom is 0.244 e. The minimum atomic E-state index is -0.0708. The molecule has 1 aliphatic heterocycles. The Morgan fingerprint density at radius 3 is 2.85 bits per heavy atom. The number of carbonyl (C=O) groups excluding carboxylic acids is 1. The van der Waals surface area contributed by atoms with Crippen molar-refractivity contribution in [2.45, 2.75) is 37.8 Å². The van der Waals surface area contributed by atoms with Crippen LogP contribution in [0.5, 0.6) is 5.75 Å². The van der Waals surface area contributed by atoms with E-state index in [0.717, 1.165) is 24.3 Å². The van der Waals surface area contributed by atoms with Crippen LogP contribution in [0.4, 0.5) is 5.69 Å². The van der Waals surface area contributed by atoms with Crippen LogP contribution in [0.25, 0.3) is 0 Å². The Morgan fingerprint density at radius 1 is 1.35 bits per heavy atom. The van der Waals surface area contributed by atoms with Crippen LogP contribution in [0.1, 0.15) is 25.7 Å². The zero-order valence-corrected chi connectivity index (χ0v) is 12.3. The molecule has 1 heterocycles. The highest BCUT2D eigenvalue weighted by molar-refractivity contribution is 6.34. The fourth-order valence-corrected chi connectivity index (χ4v) is 2.85. The van der Waals surface area contributed by atoms with Crippen molar-refractivity contribution < 1.29 is 9.53 Å². The lowest BCUT2D eigenvalue weighted by atomic mass is 10.0. The average molecular weight is 295 g/mol. The number of hydrogen-bond donors (Lipinski definition) is 1. The van der Waals surface area contributed by atoms with E-state index in [0.29, 0.717) is 17.6 Å². The molecule has 108 valence electrons. The first-order valence-corrected chi connectivity index (χ1v) is 7.48. The fraction of sp³-hybridized carbons (Fsp3) is 0.533. The number of rotatable bonds is 4. The molecule has 1 unspecified atom stereocenters. The molecule has 0 spiro atoms. The number of hydrogen-bond acceptors (Lipinski definition) is 3. The van der Waals surface area contributed by atoms with Crippen LogP contribution < -0.4 is 15.0 Å². The summed E-state index contributed by atoms with van der Waals surface area (Å²) in [6.45, 7) is 0.717. The average Bonchev–Trinajstić information content (AvgIpc) is 3.26. The number of amides is 1. The van der Waals surface area contributed by atoms with Crippen molar-refractivity contribution in [3.05, 3.63) is 23.2 Å². The van der Waals surface area contributed by atoms with Gasteiger partial charge in [0, 0.05) is 18.7 Å². The van der Waals surface area contributed by atoms with Gasteiger partial charge >= 0.3 is 0 Å². The Bertz CT molecular complexity index is 517. The molecule has 1 N–H and O–H groups in total. The molecule has 0 bridgehead atoms. The van der Waals surface area contributed by atoms with Crippen LogP contribution in [-0.4, -0.2) is 31.6 Å². The van der Waals surface area contributed by atoms with E-state index in [-0.39, 0.29) is 11.9 Å². The molecule has 1 aromatic carbocycles. The number of anilines is 1. The van der Waals surface area contributed by atoms with Gasteiger partial charge in [-0.3, -0.25) is 4.79 Å². The van der Waals surface area contributed by atoms with Crippen molar-refractivity contribution in [2.75, 3.05) is 18.6 Å². The summed E-state index contributed by atoms with van der Waals surface area (Å²) in [5.74, 6) is 0.841. The maximum atomic E-state index is 12.6. The first-order valence-electron chi connectivity index (χ1n) is 7.10. The Labute approximate surface area is 124 Å². The second-order valence-electron chi connectivity index (χ2n) is 5.44. The third-order valence-corrected chi connectivity index (χ3v) is 4.22. The van der Waals surface area contributed by atoms with Crippen molar-refractivity contribution >= 4 is 23.2 Å². The number of ether oxygens (including phenoxy) is 1. The smallest absolute Gasteiger partial charge is 0.244 e. The summed E-state index contributed by atoms with van der Waals surface area (Å²) in [6, 6.07) is 5.88. The van der Waals surface area contributed by atoms with Gasteiger partial charge in [0.05, 0.1) is 23.9 Å². The molecule has 2 fully saturated rings. The van der Waals surface area contributed by atoms with Crippen molar-refractivity contribution in [3.8, 4) is 5.75 Å². The van der Waals surface area contributed by atoms with Crippen LogP contribution in [0, 0.1) is 0 Å². The highest BCUT2D eigenvalue weighted by atomic mass is 35.5. The quantitative estimate of drug-likeness (QED) is 0.928. The van der Waals surface area contributed by atoms with Crippen LogP contribution in [0.15, 0.2) is 18.2 Å². The summed E-state index contributed by atoms with van der Waals surface area (Å²) in [5.41, 5.74) is 0.748. The lowest BCUT2D eigenvalue weighted by molar-refractivity contribution is -0.121. The van der Waals surface area contributed by atoms with Gasteiger partial charge in [0.15, 0.2) is 0 Å². The molecule has 1 amide bonds. The summed E-state index contributed by atoms with van der Waals surface area (Å²) < 4.78 is 5.23. The van der Waals surface area contributed by atoms with E-state index >= 15 is 0 Å². The molecule has 3 rings (SSSR count). The van der Waals surface area contributed by atoms with Crippen LogP contribution >= 0.6 is 11.6 Å². The van der Waals surface area contributed by atoms with Crippen LogP contribution in [0.2, 0.25) is 5.02 Å². The van der Waals surface area contributed by atoms with Crippen molar-refractivity contribution in [3.63, 3.8) is 0 Å². The number of piperidine rings is 1. The number of halogens is 1. The van der Waals surface area contributed by atoms with Gasteiger partial charge in [0.1, 0.15) is 5.75 Å². The zero-order valence-electron chi connectivity index (χ0n) is 11.6. The van der Waals surface area contributed by atoms with Crippen LogP contribution in [-0.2, 0) is 4.79 Å². The van der Waals surface area contributed by atoms with E-state index in [1.807, 2.05) is 6.07 Å². The molecule has 1 aromatic rings. The lowest BCUT2D eigenvalue weighted by Gasteiger charge is -2.33. The zero-order chi connectivity index (χ0) is 14.1. The predicted molar refractivity (Wildman–Crippen MR) is 79.5 cm³/mol. The van der Waals surface area contributed by atoms with Gasteiger partial charge in [-0.25, -0.2) is 0 Å². The number of nitrogens with one attached hydrogen (secondary N) is 1. The van der Waals surface area contributed by atoms with Crippen molar-refractivity contribution in [2.24, 2.45) is 0 Å². The van der Waals surface area contributed by atoms with Gasteiger partial charge in [-0.1, -0.05) is 11.6 Å². The molecule has 2 aliphatic rings. The third-order valence-electron chi connectivity index (χ3n) is 3.90. The van der Waals surface area contributed by atoms with Gasteiger partial charge in [0.25, 0.3) is 0 Å². The summed E-state index contributed by atoms with van der Waals surface area (Å²) in [6.07, 6.45) is 4.27. The standard InChI is InChI=1S/C15H19ClN2O2/c1-20-11-6-7-12(16)14(9-11)18-8-2-3-13(15(18)19)17-10-4-5-10/h6-7,9-10,13,17H,2-5,8H2,1H3. The van der Waals surface area contributed by atoms with Crippen LogP contribution in [0.3, 0.4) is 0 Å².